The summed E-state index contributed by atoms with van der Waals surface area (Å²) in [4.78, 5) is 16.3. The number of carbonyl (C=O) groups excluding carboxylic acids is 1. The molecule has 5 nitrogen and oxygen atoms in total. The van der Waals surface area contributed by atoms with Crippen molar-refractivity contribution in [3.8, 4) is 0 Å². The highest BCUT2D eigenvalue weighted by Crippen LogP contribution is 2.24. The number of aliphatic hydroxyl groups is 1. The molecule has 0 atom stereocenters. The topological polar surface area (TPSA) is 53.0 Å². The van der Waals surface area contributed by atoms with Crippen LogP contribution in [0.2, 0.25) is 0 Å². The monoisotopic (exact) mass is 256 g/mol. The Labute approximate surface area is 109 Å². The van der Waals surface area contributed by atoms with Crippen LogP contribution < -0.4 is 0 Å². The Morgan fingerprint density at radius 2 is 2.06 bits per heavy atom. The van der Waals surface area contributed by atoms with Crippen LogP contribution in [0, 0.1) is 0 Å². The number of carbonyl (C=O) groups is 1. The van der Waals surface area contributed by atoms with Crippen molar-refractivity contribution in [1.29, 1.82) is 0 Å². The maximum Gasteiger partial charge on any atom is 0.236 e. The Balaban J connectivity index is 1.80. The van der Waals surface area contributed by atoms with Gasteiger partial charge in [-0.05, 0) is 19.3 Å². The van der Waals surface area contributed by atoms with E-state index in [1.165, 1.54) is 19.3 Å². The molecule has 0 unspecified atom stereocenters. The first-order chi connectivity index (χ1) is 8.81. The highest BCUT2D eigenvalue weighted by Gasteiger charge is 2.27. The SMILES string of the molecule is O=C(CN(CCCO)C1CCC1)N1CCOCC1. The maximum absolute atomic E-state index is 12.2. The minimum Gasteiger partial charge on any atom is -0.396 e. The van der Waals surface area contributed by atoms with Crippen LogP contribution in [0.4, 0.5) is 0 Å². The molecule has 1 heterocycles. The van der Waals surface area contributed by atoms with Gasteiger partial charge in [-0.25, -0.2) is 0 Å². The number of hydrogen-bond acceptors (Lipinski definition) is 4. The second kappa shape index (κ2) is 7.07. The van der Waals surface area contributed by atoms with Gasteiger partial charge in [-0.2, -0.15) is 0 Å². The first-order valence-electron chi connectivity index (χ1n) is 7.01. The number of amides is 1. The molecule has 18 heavy (non-hydrogen) atoms. The zero-order valence-corrected chi connectivity index (χ0v) is 11.0. The quantitative estimate of drug-likeness (QED) is 0.731. The molecule has 1 saturated heterocycles. The van der Waals surface area contributed by atoms with Crippen LogP contribution >= 0.6 is 0 Å². The summed E-state index contributed by atoms with van der Waals surface area (Å²) >= 11 is 0. The summed E-state index contributed by atoms with van der Waals surface area (Å²) in [5, 5.41) is 8.93. The molecule has 0 bridgehead atoms. The lowest BCUT2D eigenvalue weighted by Gasteiger charge is -2.38. The van der Waals surface area contributed by atoms with Crippen molar-refractivity contribution in [1.82, 2.24) is 9.80 Å². The molecule has 2 fully saturated rings. The summed E-state index contributed by atoms with van der Waals surface area (Å²) in [5.74, 6) is 0.211. The van der Waals surface area contributed by atoms with Crippen LogP contribution in [0.15, 0.2) is 0 Å². The molecule has 2 aliphatic rings. The van der Waals surface area contributed by atoms with Crippen molar-refractivity contribution in [3.63, 3.8) is 0 Å². The number of hydrogen-bond donors (Lipinski definition) is 1. The lowest BCUT2D eigenvalue weighted by molar-refractivity contribution is -0.137. The Morgan fingerprint density at radius 1 is 1.33 bits per heavy atom. The lowest BCUT2D eigenvalue weighted by atomic mass is 9.91. The highest BCUT2D eigenvalue weighted by molar-refractivity contribution is 5.78. The molecule has 1 aliphatic heterocycles. The van der Waals surface area contributed by atoms with E-state index >= 15 is 0 Å². The van der Waals surface area contributed by atoms with E-state index in [1.54, 1.807) is 0 Å². The highest BCUT2D eigenvalue weighted by atomic mass is 16.5. The van der Waals surface area contributed by atoms with Gasteiger partial charge in [0.15, 0.2) is 0 Å². The van der Waals surface area contributed by atoms with E-state index in [4.69, 9.17) is 9.84 Å². The van der Waals surface area contributed by atoms with Crippen molar-refractivity contribution in [2.24, 2.45) is 0 Å². The maximum atomic E-state index is 12.2. The standard InChI is InChI=1S/C13H24N2O3/c16-8-2-5-15(12-3-1-4-12)11-13(17)14-6-9-18-10-7-14/h12,16H,1-11H2. The average Bonchev–Trinajstić information content (AvgIpc) is 2.34. The van der Waals surface area contributed by atoms with E-state index in [9.17, 15) is 4.79 Å². The second-order valence-electron chi connectivity index (χ2n) is 5.13. The van der Waals surface area contributed by atoms with Crippen LogP contribution in [-0.4, -0.2) is 72.9 Å². The van der Waals surface area contributed by atoms with Gasteiger partial charge in [0.2, 0.25) is 5.91 Å². The molecule has 0 spiro atoms. The van der Waals surface area contributed by atoms with Crippen molar-refractivity contribution < 1.29 is 14.6 Å². The summed E-state index contributed by atoms with van der Waals surface area (Å²) in [5.41, 5.74) is 0. The van der Waals surface area contributed by atoms with E-state index in [0.717, 1.165) is 26.1 Å². The molecule has 5 heteroatoms. The summed E-state index contributed by atoms with van der Waals surface area (Å²) in [7, 11) is 0. The van der Waals surface area contributed by atoms with Gasteiger partial charge >= 0.3 is 0 Å². The van der Waals surface area contributed by atoms with Gasteiger partial charge in [-0.15, -0.1) is 0 Å². The van der Waals surface area contributed by atoms with Gasteiger partial charge in [0.25, 0.3) is 0 Å². The van der Waals surface area contributed by atoms with E-state index < -0.39 is 0 Å². The van der Waals surface area contributed by atoms with Gasteiger partial charge in [-0.1, -0.05) is 6.42 Å². The molecule has 0 aromatic rings. The number of ether oxygens (including phenoxy) is 1. The third kappa shape index (κ3) is 3.67. The molecule has 1 aliphatic carbocycles. The van der Waals surface area contributed by atoms with E-state index in [-0.39, 0.29) is 12.5 Å². The number of rotatable bonds is 6. The molecule has 0 aromatic heterocycles. The van der Waals surface area contributed by atoms with E-state index in [1.807, 2.05) is 4.90 Å². The van der Waals surface area contributed by atoms with Crippen LogP contribution in [0.3, 0.4) is 0 Å². The Morgan fingerprint density at radius 3 is 2.61 bits per heavy atom. The molecular weight excluding hydrogens is 232 g/mol. The van der Waals surface area contributed by atoms with Crippen LogP contribution in [0.5, 0.6) is 0 Å². The third-order valence-corrected chi connectivity index (χ3v) is 3.90. The third-order valence-electron chi connectivity index (χ3n) is 3.90. The minimum atomic E-state index is 0.203. The largest absolute Gasteiger partial charge is 0.396 e. The predicted octanol–water partition coefficient (Wildman–Crippen LogP) is 0.0821. The van der Waals surface area contributed by atoms with E-state index in [0.29, 0.717) is 25.8 Å². The Kier molecular flexibility index (Phi) is 5.41. The van der Waals surface area contributed by atoms with Crippen molar-refractivity contribution in [2.75, 3.05) is 46.0 Å². The van der Waals surface area contributed by atoms with Crippen molar-refractivity contribution in [3.05, 3.63) is 0 Å². The number of aliphatic hydroxyl groups excluding tert-OH is 1. The fourth-order valence-electron chi connectivity index (χ4n) is 2.50. The fourth-order valence-corrected chi connectivity index (χ4v) is 2.50. The average molecular weight is 256 g/mol. The summed E-state index contributed by atoms with van der Waals surface area (Å²) < 4.78 is 5.26. The molecule has 1 amide bonds. The molecule has 104 valence electrons. The van der Waals surface area contributed by atoms with Crippen LogP contribution in [-0.2, 0) is 9.53 Å². The molecular formula is C13H24N2O3. The van der Waals surface area contributed by atoms with E-state index in [2.05, 4.69) is 4.90 Å². The summed E-state index contributed by atoms with van der Waals surface area (Å²) in [6.45, 7) is 4.29. The van der Waals surface area contributed by atoms with Crippen LogP contribution in [0.1, 0.15) is 25.7 Å². The van der Waals surface area contributed by atoms with Crippen LogP contribution in [0.25, 0.3) is 0 Å². The minimum absolute atomic E-state index is 0.203. The van der Waals surface area contributed by atoms with Gasteiger partial charge in [0, 0.05) is 32.3 Å². The van der Waals surface area contributed by atoms with Crippen molar-refractivity contribution >= 4 is 5.91 Å². The Bertz CT molecular complexity index is 263. The predicted molar refractivity (Wildman–Crippen MR) is 68.3 cm³/mol. The molecule has 0 radical (unpaired) electrons. The zero-order valence-electron chi connectivity index (χ0n) is 11.0. The molecule has 0 aromatic carbocycles. The van der Waals surface area contributed by atoms with Gasteiger partial charge in [0.1, 0.15) is 0 Å². The second-order valence-corrected chi connectivity index (χ2v) is 5.13. The zero-order chi connectivity index (χ0) is 12.8. The number of morpholine rings is 1. The summed E-state index contributed by atoms with van der Waals surface area (Å²) in [6, 6.07) is 0.557. The fraction of sp³-hybridized carbons (Fsp3) is 0.923. The van der Waals surface area contributed by atoms with Gasteiger partial charge in [-0.3, -0.25) is 9.69 Å². The molecule has 1 saturated carbocycles. The van der Waals surface area contributed by atoms with Crippen molar-refractivity contribution in [2.45, 2.75) is 31.7 Å². The molecule has 1 N–H and O–H groups in total. The van der Waals surface area contributed by atoms with Gasteiger partial charge in [0.05, 0.1) is 19.8 Å². The normalized spacial score (nSPS) is 21.1. The van der Waals surface area contributed by atoms with Gasteiger partial charge < -0.3 is 14.7 Å². The number of nitrogens with zero attached hydrogens (tertiary/aromatic N) is 2. The first kappa shape index (κ1) is 13.8. The summed E-state index contributed by atoms with van der Waals surface area (Å²) in [6.07, 6.45) is 4.42. The molecule has 2 rings (SSSR count). The Hall–Kier alpha value is -0.650. The smallest absolute Gasteiger partial charge is 0.236 e. The lowest BCUT2D eigenvalue weighted by Crippen LogP contribution is -2.50. The first-order valence-corrected chi connectivity index (χ1v) is 7.01.